The molecule has 11 heteroatoms. The quantitative estimate of drug-likeness (QED) is 0.411. The van der Waals surface area contributed by atoms with Crippen LogP contribution >= 0.6 is 23.4 Å². The number of halogens is 2. The zero-order valence-electron chi connectivity index (χ0n) is 21.0. The van der Waals surface area contributed by atoms with E-state index in [9.17, 15) is 14.4 Å². The average molecular weight is 560 g/mol. The lowest BCUT2D eigenvalue weighted by Gasteiger charge is -2.36. The molecule has 1 spiro atoms. The summed E-state index contributed by atoms with van der Waals surface area (Å²) in [6.45, 7) is 5.48. The van der Waals surface area contributed by atoms with Crippen LogP contribution in [0.25, 0.3) is 10.9 Å². The van der Waals surface area contributed by atoms with Crippen LogP contribution in [-0.4, -0.2) is 65.8 Å². The fraction of sp³-hybridized carbons (Fsp3) is 0.370. The highest BCUT2D eigenvalue weighted by molar-refractivity contribution is 7.99. The molecule has 1 amide bonds. The predicted octanol–water partition coefficient (Wildman–Crippen LogP) is 5.28. The van der Waals surface area contributed by atoms with Gasteiger partial charge in [0.1, 0.15) is 5.60 Å². The van der Waals surface area contributed by atoms with Crippen LogP contribution in [0.5, 0.6) is 0 Å². The normalized spacial score (nSPS) is 17.0. The number of likely N-dealkylation sites (tertiary alicyclic amines) is 1. The molecule has 1 aromatic heterocycles. The van der Waals surface area contributed by atoms with Crippen LogP contribution in [0.4, 0.5) is 9.18 Å². The second kappa shape index (κ2) is 10.6. The Hall–Kier alpha value is -3.08. The molecular formula is C27H27ClFN3O5S. The van der Waals surface area contributed by atoms with Crippen LogP contribution in [0.2, 0.25) is 5.02 Å². The van der Waals surface area contributed by atoms with Crippen molar-refractivity contribution >= 4 is 52.2 Å². The molecule has 200 valence electrons. The molecule has 8 nitrogen and oxygen atoms in total. The van der Waals surface area contributed by atoms with Gasteiger partial charge in [0.15, 0.2) is 5.82 Å². The second-order valence-corrected chi connectivity index (χ2v) is 10.9. The maximum absolute atomic E-state index is 15.4. The number of nitrogens with zero attached hydrogens (tertiary/aromatic N) is 2. The van der Waals surface area contributed by atoms with Crippen molar-refractivity contribution in [1.29, 1.82) is 0 Å². The lowest BCUT2D eigenvalue weighted by atomic mass is 9.92. The first kappa shape index (κ1) is 26.5. The summed E-state index contributed by atoms with van der Waals surface area (Å²) < 4.78 is 27.3. The van der Waals surface area contributed by atoms with Crippen LogP contribution in [-0.2, 0) is 9.47 Å². The van der Waals surface area contributed by atoms with Crippen molar-refractivity contribution in [1.82, 2.24) is 14.8 Å². The molecule has 0 bridgehead atoms. The Morgan fingerprint density at radius 1 is 1.24 bits per heavy atom. The summed E-state index contributed by atoms with van der Waals surface area (Å²) in [6, 6.07) is 10.2. The molecule has 2 saturated heterocycles. The van der Waals surface area contributed by atoms with Gasteiger partial charge in [0.05, 0.1) is 35.8 Å². The zero-order chi connectivity index (χ0) is 27.0. The summed E-state index contributed by atoms with van der Waals surface area (Å²) in [5, 5.41) is 3.20. The number of amides is 1. The second-order valence-electron chi connectivity index (χ2n) is 9.45. The van der Waals surface area contributed by atoms with E-state index >= 15 is 4.39 Å². The number of nitrogens with one attached hydrogen (secondary N) is 1. The van der Waals surface area contributed by atoms with Crippen LogP contribution < -0.4 is 5.32 Å². The highest BCUT2D eigenvalue weighted by Crippen LogP contribution is 2.41. The minimum atomic E-state index is -0.658. The van der Waals surface area contributed by atoms with Crippen molar-refractivity contribution in [3.05, 3.63) is 58.5 Å². The van der Waals surface area contributed by atoms with E-state index in [0.717, 1.165) is 4.90 Å². The van der Waals surface area contributed by atoms with E-state index in [1.165, 1.54) is 22.4 Å². The van der Waals surface area contributed by atoms with Gasteiger partial charge >= 0.3 is 12.1 Å². The number of carbonyl (C=O) groups is 3. The van der Waals surface area contributed by atoms with Crippen LogP contribution in [0.15, 0.2) is 46.2 Å². The van der Waals surface area contributed by atoms with Crippen LogP contribution in [0, 0.1) is 12.7 Å². The van der Waals surface area contributed by atoms with Crippen molar-refractivity contribution in [2.45, 2.75) is 42.1 Å². The largest absolute Gasteiger partial charge is 0.462 e. The number of ether oxygens (including phenoxy) is 2. The topological polar surface area (TPSA) is 89.9 Å². The van der Waals surface area contributed by atoms with Gasteiger partial charge in [-0.05, 0) is 44.2 Å². The van der Waals surface area contributed by atoms with Gasteiger partial charge in [-0.25, -0.2) is 14.0 Å². The number of fused-ring (bicyclic) bond motifs is 1. The van der Waals surface area contributed by atoms with Gasteiger partial charge in [-0.2, -0.15) is 0 Å². The summed E-state index contributed by atoms with van der Waals surface area (Å²) in [5.41, 5.74) is 0.606. The highest BCUT2D eigenvalue weighted by atomic mass is 35.5. The van der Waals surface area contributed by atoms with Gasteiger partial charge in [-0.15, -0.1) is 0 Å². The van der Waals surface area contributed by atoms with E-state index < -0.39 is 23.5 Å². The number of hydrogen-bond acceptors (Lipinski definition) is 7. The molecule has 0 aliphatic carbocycles. The van der Waals surface area contributed by atoms with Crippen LogP contribution in [0.1, 0.15) is 40.6 Å². The lowest BCUT2D eigenvalue weighted by molar-refractivity contribution is 0.00103. The molecule has 2 aromatic carbocycles. The Kier molecular flexibility index (Phi) is 7.39. The maximum Gasteiger partial charge on any atom is 0.407 e. The Bertz CT molecular complexity index is 1430. The summed E-state index contributed by atoms with van der Waals surface area (Å²) >= 11 is 7.47. The summed E-state index contributed by atoms with van der Waals surface area (Å²) in [6.07, 6.45) is 0.819. The molecule has 38 heavy (non-hydrogen) atoms. The number of hydrogen-bond donors (Lipinski definition) is 1. The summed E-state index contributed by atoms with van der Waals surface area (Å²) in [7, 11) is 0. The Morgan fingerprint density at radius 3 is 2.68 bits per heavy atom. The molecule has 0 atom stereocenters. The van der Waals surface area contributed by atoms with Crippen molar-refractivity contribution in [2.75, 3.05) is 32.8 Å². The first-order valence-electron chi connectivity index (χ1n) is 12.4. The number of alkyl carbamates (subject to hydrolysis) is 1. The van der Waals surface area contributed by atoms with E-state index in [1.54, 1.807) is 38.1 Å². The van der Waals surface area contributed by atoms with Gasteiger partial charge in [-0.1, -0.05) is 29.4 Å². The molecular weight excluding hydrogens is 533 g/mol. The monoisotopic (exact) mass is 559 g/mol. The molecule has 2 aliphatic rings. The van der Waals surface area contributed by atoms with E-state index in [-0.39, 0.29) is 29.6 Å². The van der Waals surface area contributed by atoms with Gasteiger partial charge in [0.25, 0.3) is 0 Å². The maximum atomic E-state index is 15.4. The number of aromatic nitrogens is 1. The average Bonchev–Trinajstić information content (AvgIpc) is 3.40. The molecule has 1 N–H and O–H groups in total. The number of esters is 1. The standard InChI is InChI=1S/C27H27ClFN3O5S/c1-3-36-25(34)17-5-4-6-18(13-17)38-24-16(2)32(23-19(24)7-8-20(28)22(23)29)21(33)14-31-11-9-27(10-12-31)15-30-26(35)37-27/h4-8,13H,3,9-12,14-15H2,1-2H3,(H,30,35). The SMILES string of the molecule is CCOC(=O)c1cccc(Sc2c(C)n(C(=O)CN3CCC4(CC3)CNC(=O)O4)c3c(F)c(Cl)ccc23)c1. The third-order valence-electron chi connectivity index (χ3n) is 7.01. The third kappa shape index (κ3) is 5.00. The molecule has 3 heterocycles. The predicted molar refractivity (Wildman–Crippen MR) is 142 cm³/mol. The van der Waals surface area contributed by atoms with Crippen molar-refractivity contribution < 1.29 is 28.2 Å². The van der Waals surface area contributed by atoms with E-state index in [2.05, 4.69) is 5.32 Å². The number of carbonyl (C=O) groups excluding carboxylic acids is 3. The molecule has 5 rings (SSSR count). The molecule has 2 aliphatic heterocycles. The minimum Gasteiger partial charge on any atom is -0.462 e. The van der Waals surface area contributed by atoms with Gasteiger partial charge < -0.3 is 14.8 Å². The van der Waals surface area contributed by atoms with Crippen molar-refractivity contribution in [3.63, 3.8) is 0 Å². The third-order valence-corrected chi connectivity index (χ3v) is 8.51. The fourth-order valence-corrected chi connectivity index (χ4v) is 6.26. The number of piperidine rings is 1. The number of benzene rings is 2. The fourth-order valence-electron chi connectivity index (χ4n) is 5.03. The van der Waals surface area contributed by atoms with Crippen LogP contribution in [0.3, 0.4) is 0 Å². The van der Waals surface area contributed by atoms with E-state index in [0.29, 0.717) is 54.0 Å². The zero-order valence-corrected chi connectivity index (χ0v) is 22.6. The first-order chi connectivity index (χ1) is 18.2. The minimum absolute atomic E-state index is 0.0691. The van der Waals surface area contributed by atoms with Crippen molar-refractivity contribution in [2.24, 2.45) is 0 Å². The van der Waals surface area contributed by atoms with E-state index in [1.807, 2.05) is 11.0 Å². The molecule has 3 aromatic rings. The smallest absolute Gasteiger partial charge is 0.407 e. The summed E-state index contributed by atoms with van der Waals surface area (Å²) in [5.74, 6) is -1.36. The highest BCUT2D eigenvalue weighted by Gasteiger charge is 2.43. The number of rotatable bonds is 6. The molecule has 0 saturated carbocycles. The Morgan fingerprint density at radius 2 is 2.00 bits per heavy atom. The molecule has 2 fully saturated rings. The van der Waals surface area contributed by atoms with E-state index in [4.69, 9.17) is 21.1 Å². The van der Waals surface area contributed by atoms with Crippen molar-refractivity contribution in [3.8, 4) is 0 Å². The van der Waals surface area contributed by atoms with Gasteiger partial charge in [0.2, 0.25) is 5.91 Å². The Labute approximate surface area is 228 Å². The lowest BCUT2D eigenvalue weighted by Crippen LogP contribution is -2.48. The Balaban J connectivity index is 1.43. The molecule has 0 unspecified atom stereocenters. The van der Waals surface area contributed by atoms with Gasteiger partial charge in [0, 0.05) is 46.8 Å². The first-order valence-corrected chi connectivity index (χ1v) is 13.6. The summed E-state index contributed by atoms with van der Waals surface area (Å²) in [4.78, 5) is 40.8. The molecule has 0 radical (unpaired) electrons. The van der Waals surface area contributed by atoms with Gasteiger partial charge in [-0.3, -0.25) is 14.3 Å².